The Labute approximate surface area is 448 Å². The van der Waals surface area contributed by atoms with Crippen LogP contribution in [0.25, 0.3) is 33.8 Å². The number of H-pyrrole nitrogens is 2. The molecule has 12 rings (SSSR count). The quantitative estimate of drug-likeness (QED) is 0.0838. The number of aromatic carboxylic acids is 2. The lowest BCUT2D eigenvalue weighted by Gasteiger charge is -2.16. The molecule has 80 heavy (non-hydrogen) atoms. The molecule has 4 amide bonds. The summed E-state index contributed by atoms with van der Waals surface area (Å²) < 4.78 is 13.0. The fourth-order valence-corrected chi connectivity index (χ4v) is 10.3. The molecule has 2 aliphatic rings. The first-order valence-corrected chi connectivity index (χ1v) is 25.0. The van der Waals surface area contributed by atoms with Gasteiger partial charge in [-0.05, 0) is 133 Å². The van der Waals surface area contributed by atoms with Crippen LogP contribution in [0.2, 0.25) is 0 Å². The zero-order chi connectivity index (χ0) is 56.3. The highest BCUT2D eigenvalue weighted by atomic mass is 16.4. The van der Waals surface area contributed by atoms with Crippen LogP contribution in [-0.2, 0) is 25.9 Å². The number of aromatic nitrogens is 10. The number of nitrogens with one attached hydrogen (secondary N) is 6. The molecule has 8 N–H and O–H groups in total. The lowest BCUT2D eigenvalue weighted by molar-refractivity contribution is 0.0685. The highest BCUT2D eigenvalue weighted by molar-refractivity contribution is 6.00. The third-order valence-electron chi connectivity index (χ3n) is 14.2. The Morgan fingerprint density at radius 2 is 1.00 bits per heavy atom. The molecule has 2 aliphatic carbocycles. The van der Waals surface area contributed by atoms with Crippen molar-refractivity contribution in [2.75, 3.05) is 0 Å². The Morgan fingerprint density at radius 1 is 0.562 bits per heavy atom. The van der Waals surface area contributed by atoms with Gasteiger partial charge in [0.1, 0.15) is 33.8 Å². The van der Waals surface area contributed by atoms with Gasteiger partial charge in [0.05, 0.1) is 23.2 Å². The van der Waals surface area contributed by atoms with Crippen molar-refractivity contribution in [2.45, 2.75) is 78.6 Å². The van der Waals surface area contributed by atoms with Crippen molar-refractivity contribution in [1.82, 2.24) is 70.4 Å². The van der Waals surface area contributed by atoms with Crippen molar-refractivity contribution in [2.24, 2.45) is 0 Å². The highest BCUT2D eigenvalue weighted by Gasteiger charge is 2.31. The number of fused-ring (bicyclic) bond motifs is 6. The van der Waals surface area contributed by atoms with Crippen molar-refractivity contribution in [3.05, 3.63) is 184 Å². The van der Waals surface area contributed by atoms with E-state index < -0.39 is 53.0 Å². The molecule has 0 fully saturated rings. The third kappa shape index (κ3) is 9.64. The lowest BCUT2D eigenvalue weighted by atomic mass is 9.98. The zero-order valence-corrected chi connectivity index (χ0v) is 42.9. The Bertz CT molecular complexity index is 4390. The molecule has 6 aromatic heterocycles. The van der Waals surface area contributed by atoms with Gasteiger partial charge >= 0.3 is 23.3 Å². The average molecular weight is 1080 g/mol. The van der Waals surface area contributed by atoms with E-state index in [1.54, 1.807) is 76.2 Å². The largest absolute Gasteiger partial charge is 0.478 e. The van der Waals surface area contributed by atoms with Gasteiger partial charge in [-0.1, -0.05) is 24.3 Å². The minimum Gasteiger partial charge on any atom is -0.478 e. The number of carbonyl (C=O) groups is 6. The molecule has 0 spiro atoms. The molecule has 6 heterocycles. The van der Waals surface area contributed by atoms with Crippen LogP contribution in [0.1, 0.15) is 144 Å². The fourth-order valence-electron chi connectivity index (χ4n) is 10.3. The molecule has 4 aromatic carbocycles. The number of hydrogen-bond acceptors (Lipinski definition) is 16. The number of benzene rings is 4. The molecule has 0 aliphatic heterocycles. The minimum absolute atomic E-state index is 0.0937. The van der Waals surface area contributed by atoms with Gasteiger partial charge in [-0.3, -0.25) is 19.2 Å². The second kappa shape index (κ2) is 20.4. The van der Waals surface area contributed by atoms with E-state index in [0.29, 0.717) is 70.8 Å². The number of aryl methyl sites for hydroxylation is 2. The van der Waals surface area contributed by atoms with E-state index in [9.17, 15) is 48.6 Å². The van der Waals surface area contributed by atoms with Gasteiger partial charge in [0, 0.05) is 26.9 Å². The molecule has 0 unspecified atom stereocenters. The van der Waals surface area contributed by atoms with Crippen LogP contribution in [0.15, 0.2) is 91.2 Å². The van der Waals surface area contributed by atoms with E-state index in [4.69, 9.17) is 8.83 Å². The Balaban J connectivity index is 0.000000169. The van der Waals surface area contributed by atoms with Gasteiger partial charge in [0.2, 0.25) is 0 Å². The molecular formula is C54H46N14O12. The van der Waals surface area contributed by atoms with Crippen LogP contribution in [0, 0.1) is 27.7 Å². The lowest BCUT2D eigenvalue weighted by Crippen LogP contribution is -2.32. The molecule has 26 nitrogen and oxygen atoms in total. The molecule has 0 saturated carbocycles. The molecule has 26 heteroatoms. The third-order valence-corrected chi connectivity index (χ3v) is 14.2. The van der Waals surface area contributed by atoms with E-state index in [-0.39, 0.29) is 64.6 Å². The number of nitrogens with zero attached hydrogens (tertiary/aromatic N) is 8. The van der Waals surface area contributed by atoms with Crippen molar-refractivity contribution in [3.8, 4) is 0 Å². The smallest absolute Gasteiger partial charge is 0.349 e. The highest BCUT2D eigenvalue weighted by Crippen LogP contribution is 2.36. The second-order valence-electron chi connectivity index (χ2n) is 19.2. The number of carboxylic acid groups (broad SMARTS) is 2. The summed E-state index contributed by atoms with van der Waals surface area (Å²) in [5.74, 6) is -3.53. The van der Waals surface area contributed by atoms with Crippen LogP contribution in [-0.4, -0.2) is 94.9 Å². The van der Waals surface area contributed by atoms with E-state index >= 15 is 0 Å². The number of rotatable bonds is 12. The fraction of sp³-hybridized carbons (Fsp3) is 0.222. The predicted molar refractivity (Wildman–Crippen MR) is 280 cm³/mol. The van der Waals surface area contributed by atoms with Crippen LogP contribution >= 0.6 is 0 Å². The van der Waals surface area contributed by atoms with Gasteiger partial charge < -0.3 is 40.3 Å². The van der Waals surface area contributed by atoms with E-state index in [1.165, 1.54) is 24.3 Å². The van der Waals surface area contributed by atoms with Crippen molar-refractivity contribution in [1.29, 1.82) is 0 Å². The summed E-state index contributed by atoms with van der Waals surface area (Å²) in [5, 5.41) is 42.4. The number of hydrogen-bond donors (Lipinski definition) is 8. The maximum absolute atomic E-state index is 13.4. The summed E-state index contributed by atoms with van der Waals surface area (Å²) in [5.41, 5.74) is 7.60. The van der Waals surface area contributed by atoms with E-state index in [1.807, 2.05) is 0 Å². The normalized spacial score (nSPS) is 14.4. The monoisotopic (exact) mass is 1080 g/mol. The average Bonchev–Trinajstić information content (AvgIpc) is 4.39. The summed E-state index contributed by atoms with van der Waals surface area (Å²) in [6.07, 6.45) is 2.35. The molecular weight excluding hydrogens is 1040 g/mol. The van der Waals surface area contributed by atoms with Gasteiger partial charge in [-0.25, -0.2) is 58.1 Å². The molecule has 404 valence electrons. The van der Waals surface area contributed by atoms with Gasteiger partial charge in [0.15, 0.2) is 22.9 Å². The minimum atomic E-state index is -1.01. The summed E-state index contributed by atoms with van der Waals surface area (Å²) in [7, 11) is 0. The Kier molecular flexibility index (Phi) is 13.1. The van der Waals surface area contributed by atoms with Gasteiger partial charge in [-0.15, -0.1) is 10.2 Å². The number of amides is 4. The first-order valence-electron chi connectivity index (χ1n) is 25.0. The molecule has 0 radical (unpaired) electrons. The van der Waals surface area contributed by atoms with Crippen LogP contribution in [0.3, 0.4) is 0 Å². The molecule has 0 bridgehead atoms. The summed E-state index contributed by atoms with van der Waals surface area (Å²) in [6.45, 7) is 7.30. The maximum Gasteiger partial charge on any atom is 0.349 e. The number of carbonyl (C=O) groups excluding carboxylic acids is 4. The molecule has 2 atom stereocenters. The first kappa shape index (κ1) is 51.4. The van der Waals surface area contributed by atoms with Gasteiger partial charge in [0.25, 0.3) is 35.2 Å². The number of carboxylic acids is 2. The zero-order valence-electron chi connectivity index (χ0n) is 42.9. The van der Waals surface area contributed by atoms with Crippen molar-refractivity contribution >= 4 is 69.3 Å². The summed E-state index contributed by atoms with van der Waals surface area (Å²) >= 11 is 0. The summed E-state index contributed by atoms with van der Waals surface area (Å²) in [6, 6.07) is 18.9. The van der Waals surface area contributed by atoms with E-state index in [0.717, 1.165) is 42.2 Å². The van der Waals surface area contributed by atoms with Crippen LogP contribution in [0.4, 0.5) is 0 Å². The SMILES string of the molecule is Cc1nc2cc(CNC(=O)c3cc(C(=O)N[C@H]4CCc5c4ccc(C(=O)O)c5C)n4c(=O)[nH]nc4n3)ccc2o1.Cc1nc2cc(CNC(=O)c3cc(C(=O)N[C@H]4CCc5c4ccc(C(=O)O)c5C)nc4n[nH]c(=O)n34)ccc2o1. The second-order valence-corrected chi connectivity index (χ2v) is 19.2. The number of oxazole rings is 2. The van der Waals surface area contributed by atoms with Crippen molar-refractivity contribution in [3.63, 3.8) is 0 Å². The molecule has 10 aromatic rings. The predicted octanol–water partition coefficient (Wildman–Crippen LogP) is 4.44. The standard InChI is InChI=1S/2C27H23N7O6/c1-12-15-6-7-18(17(15)5-4-16(12)25(37)38)30-23(35)20-10-21(34-26(31-20)32-33-27(34)39)24(36)28-11-14-3-8-22-19(9-14)29-13(2)40-22;1-12-15-6-7-18(17(15)5-4-16(12)25(37)38)30-24(36)21-10-20(31-26-32-33-27(39)34(21)26)23(35)28-11-14-3-8-22-19(9-14)29-13(2)40-22/h3-5,8-10,18H,6-7,11H2,1-2H3,(H,28,36)(H,30,35)(H,33,39)(H,37,38);3-5,8-10,18H,6-7,11H2,1-2H3,(H,28,35)(H,30,36)(H,33,39)(H,37,38)/t2*18-/m00/s1. The van der Waals surface area contributed by atoms with E-state index in [2.05, 4.69) is 61.6 Å². The molecule has 0 saturated heterocycles. The topological polar surface area (TPSA) is 369 Å². The van der Waals surface area contributed by atoms with Crippen molar-refractivity contribution < 1.29 is 47.8 Å². The Hall–Kier alpha value is -10.7. The van der Waals surface area contributed by atoms with Crippen LogP contribution in [0.5, 0.6) is 0 Å². The maximum atomic E-state index is 13.4. The first-order chi connectivity index (χ1) is 38.4. The van der Waals surface area contributed by atoms with Gasteiger partial charge in [-0.2, -0.15) is 0 Å². The number of aromatic amines is 2. The Morgan fingerprint density at radius 3 is 1.48 bits per heavy atom. The summed E-state index contributed by atoms with van der Waals surface area (Å²) in [4.78, 5) is 118. The van der Waals surface area contributed by atoms with Crippen LogP contribution < -0.4 is 32.6 Å².